The van der Waals surface area contributed by atoms with Crippen molar-refractivity contribution in [2.24, 2.45) is 22.2 Å². The fourth-order valence-corrected chi connectivity index (χ4v) is 7.77. The molecule has 188 valence electrons. The minimum atomic E-state index is -0.249. The van der Waals surface area contributed by atoms with E-state index in [4.69, 9.17) is 28.4 Å². The number of epoxide rings is 3. The van der Waals surface area contributed by atoms with Crippen LogP contribution in [0.15, 0.2) is 0 Å². The third-order valence-electron chi connectivity index (χ3n) is 8.47. The molecule has 0 radical (unpaired) electrons. The van der Waals surface area contributed by atoms with E-state index < -0.39 is 0 Å². The summed E-state index contributed by atoms with van der Waals surface area (Å²) in [5, 5.41) is 0. The van der Waals surface area contributed by atoms with E-state index in [1.165, 1.54) is 0 Å². The van der Waals surface area contributed by atoms with Crippen molar-refractivity contribution in [2.75, 3.05) is 39.6 Å². The first kappa shape index (κ1) is 22.7. The third kappa shape index (κ3) is 5.26. The van der Waals surface area contributed by atoms with Crippen LogP contribution in [0.4, 0.5) is 0 Å². The monoisotopic (exact) mass is 478 g/mol. The van der Waals surface area contributed by atoms with Crippen LogP contribution >= 0.6 is 0 Å². The molecule has 0 spiro atoms. The molecule has 0 amide bonds. The number of carbonyl (C=O) groups is 3. The zero-order valence-corrected chi connectivity index (χ0v) is 19.6. The summed E-state index contributed by atoms with van der Waals surface area (Å²) in [7, 11) is 0. The molecule has 7 aliphatic rings. The van der Waals surface area contributed by atoms with Gasteiger partial charge in [-0.2, -0.15) is 0 Å². The van der Waals surface area contributed by atoms with Crippen molar-refractivity contribution >= 4 is 17.9 Å². The summed E-state index contributed by atoms with van der Waals surface area (Å²) in [6.07, 6.45) is 6.33. The molecular weight excluding hydrogens is 444 g/mol. The van der Waals surface area contributed by atoms with Gasteiger partial charge in [0.05, 0.1) is 39.1 Å². The van der Waals surface area contributed by atoms with Crippen LogP contribution in [0.25, 0.3) is 0 Å². The highest BCUT2D eigenvalue weighted by atomic mass is 16.6. The molecule has 3 atom stereocenters. The molecule has 3 saturated heterocycles. The Bertz CT molecular complexity index is 726. The van der Waals surface area contributed by atoms with E-state index >= 15 is 0 Å². The number of esters is 3. The Labute approximate surface area is 199 Å². The molecule has 4 bridgehead atoms. The van der Waals surface area contributed by atoms with Crippen LogP contribution in [0, 0.1) is 22.2 Å². The van der Waals surface area contributed by atoms with Gasteiger partial charge in [-0.1, -0.05) is 0 Å². The van der Waals surface area contributed by atoms with Crippen molar-refractivity contribution < 1.29 is 42.8 Å². The van der Waals surface area contributed by atoms with Crippen molar-refractivity contribution in [1.82, 2.24) is 0 Å². The predicted octanol–water partition coefficient (Wildman–Crippen LogP) is 1.94. The molecule has 3 unspecified atom stereocenters. The van der Waals surface area contributed by atoms with Crippen LogP contribution in [-0.4, -0.2) is 75.9 Å². The van der Waals surface area contributed by atoms with Gasteiger partial charge in [0, 0.05) is 0 Å². The molecule has 3 heterocycles. The van der Waals surface area contributed by atoms with Crippen LogP contribution in [0.3, 0.4) is 0 Å². The first-order valence-electron chi connectivity index (χ1n) is 12.6. The second-order valence-corrected chi connectivity index (χ2v) is 12.0. The van der Waals surface area contributed by atoms with Gasteiger partial charge < -0.3 is 28.4 Å². The molecule has 4 saturated carbocycles. The van der Waals surface area contributed by atoms with Crippen molar-refractivity contribution in [1.29, 1.82) is 0 Å². The van der Waals surface area contributed by atoms with E-state index in [0.29, 0.717) is 64.8 Å². The van der Waals surface area contributed by atoms with Gasteiger partial charge in [-0.05, 0) is 60.7 Å². The maximum Gasteiger partial charge on any atom is 0.306 e. The Morgan fingerprint density at radius 2 is 0.882 bits per heavy atom. The van der Waals surface area contributed by atoms with Gasteiger partial charge in [-0.25, -0.2) is 0 Å². The summed E-state index contributed by atoms with van der Waals surface area (Å²) in [5.74, 6) is -0.228. The first-order valence-corrected chi connectivity index (χ1v) is 12.6. The quantitative estimate of drug-likeness (QED) is 0.236. The Balaban J connectivity index is 1.17. The normalized spacial score (nSPS) is 42.7. The van der Waals surface area contributed by atoms with E-state index in [9.17, 15) is 14.4 Å². The van der Waals surface area contributed by atoms with Gasteiger partial charge in [0.25, 0.3) is 0 Å². The van der Waals surface area contributed by atoms with Crippen LogP contribution in [0.1, 0.15) is 57.8 Å². The molecule has 7 fully saturated rings. The summed E-state index contributed by atoms with van der Waals surface area (Å²) >= 11 is 0. The summed E-state index contributed by atoms with van der Waals surface area (Å²) in [4.78, 5) is 38.4. The largest absolute Gasteiger partial charge is 0.463 e. The molecule has 3 aliphatic heterocycles. The highest BCUT2D eigenvalue weighted by molar-refractivity contribution is 5.73. The highest BCUT2D eigenvalue weighted by Crippen LogP contribution is 2.72. The lowest BCUT2D eigenvalue weighted by Gasteiger charge is -2.66. The summed E-state index contributed by atoms with van der Waals surface area (Å²) in [6, 6.07) is 0. The van der Waals surface area contributed by atoms with Crippen molar-refractivity contribution in [2.45, 2.75) is 76.1 Å². The van der Waals surface area contributed by atoms with Gasteiger partial charge in [0.2, 0.25) is 0 Å². The van der Waals surface area contributed by atoms with E-state index in [1.54, 1.807) is 0 Å². The number of ether oxygens (including phenoxy) is 6. The zero-order valence-electron chi connectivity index (χ0n) is 19.6. The summed E-state index contributed by atoms with van der Waals surface area (Å²) in [5.41, 5.74) is -0.748. The zero-order chi connectivity index (χ0) is 23.4. The van der Waals surface area contributed by atoms with Gasteiger partial charge >= 0.3 is 17.9 Å². The minimum Gasteiger partial charge on any atom is -0.463 e. The van der Waals surface area contributed by atoms with Crippen LogP contribution in [-0.2, 0) is 42.8 Å². The van der Waals surface area contributed by atoms with Gasteiger partial charge in [0.15, 0.2) is 0 Å². The molecule has 4 aliphatic carbocycles. The lowest BCUT2D eigenvalue weighted by atomic mass is 9.38. The van der Waals surface area contributed by atoms with Crippen LogP contribution < -0.4 is 0 Å². The predicted molar refractivity (Wildman–Crippen MR) is 114 cm³/mol. The smallest absolute Gasteiger partial charge is 0.306 e. The molecule has 34 heavy (non-hydrogen) atoms. The summed E-state index contributed by atoms with van der Waals surface area (Å²) in [6.45, 7) is 2.86. The molecule has 9 nitrogen and oxygen atoms in total. The Kier molecular flexibility index (Phi) is 5.65. The van der Waals surface area contributed by atoms with E-state index in [2.05, 4.69) is 0 Å². The van der Waals surface area contributed by atoms with Gasteiger partial charge in [0.1, 0.15) is 38.1 Å². The fraction of sp³-hybridized carbons (Fsp3) is 0.880. The van der Waals surface area contributed by atoms with Gasteiger partial charge in [-0.15, -0.1) is 0 Å². The van der Waals surface area contributed by atoms with Crippen molar-refractivity contribution in [3.63, 3.8) is 0 Å². The summed E-state index contributed by atoms with van der Waals surface area (Å²) < 4.78 is 32.0. The maximum atomic E-state index is 12.8. The third-order valence-corrected chi connectivity index (χ3v) is 8.47. The fourth-order valence-electron chi connectivity index (χ4n) is 7.77. The average Bonchev–Trinajstić information content (AvgIpc) is 3.58. The van der Waals surface area contributed by atoms with Crippen molar-refractivity contribution in [3.8, 4) is 0 Å². The van der Waals surface area contributed by atoms with E-state index in [1.807, 2.05) is 0 Å². The Morgan fingerprint density at radius 1 is 0.588 bits per heavy atom. The number of hydrogen-bond acceptors (Lipinski definition) is 9. The van der Waals surface area contributed by atoms with Gasteiger partial charge in [-0.3, -0.25) is 14.4 Å². The molecule has 7 rings (SSSR count). The second kappa shape index (κ2) is 8.45. The Hall–Kier alpha value is -1.71. The van der Waals surface area contributed by atoms with E-state index in [0.717, 1.165) is 38.5 Å². The highest BCUT2D eigenvalue weighted by Gasteiger charge is 2.64. The van der Waals surface area contributed by atoms with Crippen LogP contribution in [0.5, 0.6) is 0 Å². The molecular formula is C25H34O9. The second-order valence-electron chi connectivity index (χ2n) is 12.0. The lowest BCUT2D eigenvalue weighted by molar-refractivity contribution is -0.189. The molecule has 0 aromatic rings. The number of rotatable bonds is 12. The molecule has 9 heteroatoms. The standard InChI is InChI=1S/C25H34O9/c26-20(32-10-17-7-29-17)4-23-1-16-2-24(13-23,5-21(27)33-11-18-8-30-18)15-25(3-16,14-23)6-22(28)34-12-19-9-31-19/h16-19H,1-15H2. The molecule has 0 aromatic heterocycles. The number of carbonyl (C=O) groups excluding carboxylic acids is 3. The SMILES string of the molecule is O=C(CC12CC3CC(CC(=O)OCC4CO4)(C1)CC(CC(=O)OCC1CO1)(C3)C2)OCC1CO1. The van der Waals surface area contributed by atoms with Crippen LogP contribution in [0.2, 0.25) is 0 Å². The first-order chi connectivity index (χ1) is 16.3. The Morgan fingerprint density at radius 3 is 1.15 bits per heavy atom. The molecule has 0 N–H and O–H groups in total. The topological polar surface area (TPSA) is 116 Å². The molecule has 0 aromatic carbocycles. The average molecular weight is 479 g/mol. The van der Waals surface area contributed by atoms with E-state index in [-0.39, 0.29) is 52.5 Å². The maximum absolute atomic E-state index is 12.8. The minimum absolute atomic E-state index is 0.0356. The lowest BCUT2D eigenvalue weighted by Crippen LogP contribution is -2.58. The van der Waals surface area contributed by atoms with Crippen molar-refractivity contribution in [3.05, 3.63) is 0 Å². The number of hydrogen-bond donors (Lipinski definition) is 0.